The maximum Gasteiger partial charge on any atom is 0.296 e. The van der Waals surface area contributed by atoms with E-state index in [9.17, 15) is 14.0 Å². The molecule has 0 saturated heterocycles. The molecule has 0 atom stereocenters. The van der Waals surface area contributed by atoms with E-state index in [2.05, 4.69) is 12.2 Å². The second-order valence-electron chi connectivity index (χ2n) is 5.63. The standard InChI is InChI=1S/C16H21FN2O2/c1-4-5-6-7-19(10(2)3)14-9-13-11(8-12(14)17)15(20)16(21)18-13/h8-10H,4-7H2,1-3H3,(H,18,20,21). The van der Waals surface area contributed by atoms with Gasteiger partial charge in [0.15, 0.2) is 0 Å². The molecule has 0 spiro atoms. The average Bonchev–Trinajstić information content (AvgIpc) is 2.70. The van der Waals surface area contributed by atoms with Gasteiger partial charge < -0.3 is 10.2 Å². The Bertz CT molecular complexity index is 570. The minimum Gasteiger partial charge on any atom is -0.367 e. The molecule has 0 bridgehead atoms. The largest absolute Gasteiger partial charge is 0.367 e. The molecule has 1 aliphatic rings. The summed E-state index contributed by atoms with van der Waals surface area (Å²) >= 11 is 0. The number of fused-ring (bicyclic) bond motifs is 1. The van der Waals surface area contributed by atoms with Crippen LogP contribution in [0.5, 0.6) is 0 Å². The average molecular weight is 292 g/mol. The second-order valence-corrected chi connectivity index (χ2v) is 5.63. The van der Waals surface area contributed by atoms with Crippen molar-refractivity contribution in [3.8, 4) is 0 Å². The van der Waals surface area contributed by atoms with Crippen LogP contribution in [0.4, 0.5) is 15.8 Å². The first-order chi connectivity index (χ1) is 9.95. The molecular formula is C16H21FN2O2. The molecule has 1 N–H and O–H groups in total. The summed E-state index contributed by atoms with van der Waals surface area (Å²) in [5.41, 5.74) is 0.968. The van der Waals surface area contributed by atoms with E-state index in [1.165, 1.54) is 6.07 Å². The molecule has 1 aliphatic heterocycles. The smallest absolute Gasteiger partial charge is 0.296 e. The molecule has 4 nitrogen and oxygen atoms in total. The number of unbranched alkanes of at least 4 members (excludes halogenated alkanes) is 2. The molecule has 21 heavy (non-hydrogen) atoms. The summed E-state index contributed by atoms with van der Waals surface area (Å²) in [6, 6.07) is 2.88. The number of ketones is 1. The Balaban J connectivity index is 2.32. The highest BCUT2D eigenvalue weighted by atomic mass is 19.1. The van der Waals surface area contributed by atoms with Crippen LogP contribution in [0.2, 0.25) is 0 Å². The van der Waals surface area contributed by atoms with E-state index in [1.807, 2.05) is 18.7 Å². The minimum absolute atomic E-state index is 0.124. The number of hydrogen-bond donors (Lipinski definition) is 1. The second kappa shape index (κ2) is 6.24. The third-order valence-electron chi connectivity index (χ3n) is 3.72. The minimum atomic E-state index is -0.691. The van der Waals surface area contributed by atoms with Gasteiger partial charge in [-0.3, -0.25) is 9.59 Å². The van der Waals surface area contributed by atoms with Gasteiger partial charge in [0.1, 0.15) is 5.82 Å². The molecule has 114 valence electrons. The first-order valence-corrected chi connectivity index (χ1v) is 7.41. The van der Waals surface area contributed by atoms with E-state index in [4.69, 9.17) is 0 Å². The lowest BCUT2D eigenvalue weighted by Crippen LogP contribution is -2.32. The third-order valence-corrected chi connectivity index (χ3v) is 3.72. The van der Waals surface area contributed by atoms with E-state index >= 15 is 0 Å². The highest BCUT2D eigenvalue weighted by molar-refractivity contribution is 6.51. The zero-order valence-corrected chi connectivity index (χ0v) is 12.7. The Morgan fingerprint density at radius 1 is 1.24 bits per heavy atom. The molecular weight excluding hydrogens is 271 g/mol. The summed E-state index contributed by atoms with van der Waals surface area (Å²) in [6.45, 7) is 6.88. The van der Waals surface area contributed by atoms with Crippen molar-refractivity contribution in [2.45, 2.75) is 46.1 Å². The SMILES string of the molecule is CCCCCN(c1cc2c(cc1F)C(=O)C(=O)N2)C(C)C. The van der Waals surface area contributed by atoms with Crippen molar-refractivity contribution in [2.75, 3.05) is 16.8 Å². The number of amides is 1. The first kappa shape index (κ1) is 15.5. The Morgan fingerprint density at radius 3 is 2.57 bits per heavy atom. The Morgan fingerprint density at radius 2 is 1.95 bits per heavy atom. The van der Waals surface area contributed by atoms with Gasteiger partial charge in [0.2, 0.25) is 0 Å². The van der Waals surface area contributed by atoms with Crippen LogP contribution in [-0.4, -0.2) is 24.3 Å². The van der Waals surface area contributed by atoms with Crippen LogP contribution < -0.4 is 10.2 Å². The van der Waals surface area contributed by atoms with E-state index in [1.54, 1.807) is 6.07 Å². The van der Waals surface area contributed by atoms with Crippen LogP contribution in [0.15, 0.2) is 12.1 Å². The monoisotopic (exact) mass is 292 g/mol. The number of hydrogen-bond acceptors (Lipinski definition) is 3. The predicted molar refractivity (Wildman–Crippen MR) is 81.4 cm³/mol. The number of Topliss-reactive ketones (excluding diaryl/α,β-unsaturated/α-hetero) is 1. The molecule has 2 rings (SSSR count). The molecule has 0 fully saturated rings. The van der Waals surface area contributed by atoms with Crippen molar-refractivity contribution in [1.82, 2.24) is 0 Å². The molecule has 1 aromatic rings. The lowest BCUT2D eigenvalue weighted by molar-refractivity contribution is -0.112. The lowest BCUT2D eigenvalue weighted by Gasteiger charge is -2.29. The maximum absolute atomic E-state index is 14.3. The summed E-state index contributed by atoms with van der Waals surface area (Å²) in [5, 5.41) is 2.49. The Kier molecular flexibility index (Phi) is 4.60. The van der Waals surface area contributed by atoms with Crippen molar-refractivity contribution in [1.29, 1.82) is 0 Å². The summed E-state index contributed by atoms with van der Waals surface area (Å²) < 4.78 is 14.3. The van der Waals surface area contributed by atoms with Gasteiger partial charge in [0.25, 0.3) is 11.7 Å². The summed E-state index contributed by atoms with van der Waals surface area (Å²) in [5.74, 6) is -1.81. The van der Waals surface area contributed by atoms with Crippen LogP contribution in [0.25, 0.3) is 0 Å². The molecule has 5 heteroatoms. The van der Waals surface area contributed by atoms with Gasteiger partial charge in [-0.1, -0.05) is 19.8 Å². The number of anilines is 2. The van der Waals surface area contributed by atoms with Crippen LogP contribution in [0, 0.1) is 5.82 Å². The third kappa shape index (κ3) is 3.06. The molecule has 0 saturated carbocycles. The van der Waals surface area contributed by atoms with Gasteiger partial charge in [-0.15, -0.1) is 0 Å². The van der Waals surface area contributed by atoms with E-state index in [0.29, 0.717) is 11.4 Å². The normalized spacial score (nSPS) is 13.6. The number of rotatable bonds is 6. The molecule has 0 radical (unpaired) electrons. The predicted octanol–water partition coefficient (Wildman–Crippen LogP) is 3.37. The van der Waals surface area contributed by atoms with Gasteiger partial charge in [0.05, 0.1) is 16.9 Å². The van der Waals surface area contributed by atoms with Crippen molar-refractivity contribution in [3.05, 3.63) is 23.5 Å². The lowest BCUT2D eigenvalue weighted by atomic mass is 10.1. The van der Waals surface area contributed by atoms with Crippen LogP contribution in [0.1, 0.15) is 50.4 Å². The van der Waals surface area contributed by atoms with E-state index in [-0.39, 0.29) is 11.6 Å². The number of carbonyl (C=O) groups excluding carboxylic acids is 2. The molecule has 1 heterocycles. The fraction of sp³-hybridized carbons (Fsp3) is 0.500. The van der Waals surface area contributed by atoms with Gasteiger partial charge in [-0.2, -0.15) is 0 Å². The van der Waals surface area contributed by atoms with Crippen molar-refractivity contribution >= 4 is 23.1 Å². The molecule has 0 unspecified atom stereocenters. The van der Waals surface area contributed by atoms with Gasteiger partial charge >= 0.3 is 0 Å². The molecule has 1 aromatic carbocycles. The van der Waals surface area contributed by atoms with Crippen molar-refractivity contribution < 1.29 is 14.0 Å². The number of nitrogens with one attached hydrogen (secondary N) is 1. The van der Waals surface area contributed by atoms with Crippen LogP contribution in [0.3, 0.4) is 0 Å². The zero-order chi connectivity index (χ0) is 15.6. The quantitative estimate of drug-likeness (QED) is 0.646. The van der Waals surface area contributed by atoms with Gasteiger partial charge in [0, 0.05) is 12.6 Å². The Hall–Kier alpha value is -1.91. The molecule has 0 aromatic heterocycles. The summed E-state index contributed by atoms with van der Waals surface area (Å²) in [7, 11) is 0. The summed E-state index contributed by atoms with van der Waals surface area (Å²) in [6.07, 6.45) is 3.17. The summed E-state index contributed by atoms with van der Waals surface area (Å²) in [4.78, 5) is 24.9. The van der Waals surface area contributed by atoms with Gasteiger partial charge in [-0.05, 0) is 32.4 Å². The fourth-order valence-corrected chi connectivity index (χ4v) is 2.56. The van der Waals surface area contributed by atoms with Crippen LogP contribution in [-0.2, 0) is 4.79 Å². The van der Waals surface area contributed by atoms with Crippen LogP contribution >= 0.6 is 0 Å². The number of nitrogens with zero attached hydrogens (tertiary/aromatic N) is 1. The first-order valence-electron chi connectivity index (χ1n) is 7.41. The Labute approximate surface area is 124 Å². The molecule has 1 amide bonds. The van der Waals surface area contributed by atoms with E-state index < -0.39 is 17.5 Å². The zero-order valence-electron chi connectivity index (χ0n) is 12.7. The number of carbonyl (C=O) groups is 2. The number of halogens is 1. The highest BCUT2D eigenvalue weighted by Gasteiger charge is 2.30. The van der Waals surface area contributed by atoms with Crippen molar-refractivity contribution in [3.63, 3.8) is 0 Å². The van der Waals surface area contributed by atoms with Gasteiger partial charge in [-0.25, -0.2) is 4.39 Å². The van der Waals surface area contributed by atoms with E-state index in [0.717, 1.165) is 25.8 Å². The molecule has 0 aliphatic carbocycles. The fourth-order valence-electron chi connectivity index (χ4n) is 2.56. The maximum atomic E-state index is 14.3. The topological polar surface area (TPSA) is 49.4 Å². The number of benzene rings is 1. The highest BCUT2D eigenvalue weighted by Crippen LogP contribution is 2.32. The van der Waals surface area contributed by atoms with Crippen molar-refractivity contribution in [2.24, 2.45) is 0 Å².